The van der Waals surface area contributed by atoms with Crippen molar-refractivity contribution >= 4 is 5.91 Å². The van der Waals surface area contributed by atoms with Crippen molar-refractivity contribution in [1.82, 2.24) is 10.6 Å². The van der Waals surface area contributed by atoms with Gasteiger partial charge in [0.2, 0.25) is 5.91 Å². The first kappa shape index (κ1) is 10.6. The smallest absolute Gasteiger partial charge is 0.246 e. The van der Waals surface area contributed by atoms with E-state index in [9.17, 15) is 4.79 Å². The largest absolute Gasteiger partial charge is 0.393 e. The van der Waals surface area contributed by atoms with Gasteiger partial charge in [0.1, 0.15) is 0 Å². The first-order valence-electron chi connectivity index (χ1n) is 5.52. The van der Waals surface area contributed by atoms with Crippen LogP contribution in [0.3, 0.4) is 0 Å². The monoisotopic (exact) mass is 210 g/mol. The van der Waals surface area contributed by atoms with Crippen molar-refractivity contribution in [2.75, 3.05) is 19.6 Å². The number of aliphatic hydroxyl groups is 1. The number of aliphatic hydroxyl groups excluding tert-OH is 1. The van der Waals surface area contributed by atoms with Crippen LogP contribution in [0.25, 0.3) is 0 Å². The van der Waals surface area contributed by atoms with Crippen molar-refractivity contribution in [3.8, 4) is 0 Å². The molecule has 3 N–H and O–H groups in total. The van der Waals surface area contributed by atoms with E-state index in [-0.39, 0.29) is 12.0 Å². The molecule has 0 bridgehead atoms. The van der Waals surface area contributed by atoms with Crippen molar-refractivity contribution in [2.45, 2.75) is 25.9 Å². The maximum atomic E-state index is 11.6. The van der Waals surface area contributed by atoms with Gasteiger partial charge in [0.15, 0.2) is 0 Å². The summed E-state index contributed by atoms with van der Waals surface area (Å²) in [4.78, 5) is 11.6. The van der Waals surface area contributed by atoms with E-state index >= 15 is 0 Å². The van der Waals surface area contributed by atoms with Gasteiger partial charge in [0, 0.05) is 25.2 Å². The standard InChI is InChI=1S/C11H18N2O2/c1-7(9-5-12-6-9)11(15)13-4-8-2-10(14)3-8/h8,10,12,14H,2-6H2,1H3,(H,13,15). The molecular formula is C11H18N2O2. The summed E-state index contributed by atoms with van der Waals surface area (Å²) in [5.74, 6) is 0.522. The lowest BCUT2D eigenvalue weighted by molar-refractivity contribution is -0.118. The second kappa shape index (κ2) is 4.33. The number of nitrogens with one attached hydrogen (secondary N) is 2. The normalized spacial score (nSPS) is 29.1. The Morgan fingerprint density at radius 2 is 2.20 bits per heavy atom. The summed E-state index contributed by atoms with van der Waals surface area (Å²) in [6.45, 7) is 4.28. The SMILES string of the molecule is CC(C(=O)NCC1CC(O)C1)=C1CNC1. The maximum absolute atomic E-state index is 11.6. The lowest BCUT2D eigenvalue weighted by Gasteiger charge is -2.31. The number of hydrogen-bond donors (Lipinski definition) is 3. The number of rotatable bonds is 3. The Hall–Kier alpha value is -0.870. The molecule has 0 aromatic heterocycles. The zero-order valence-corrected chi connectivity index (χ0v) is 9.05. The van der Waals surface area contributed by atoms with Crippen molar-refractivity contribution in [1.29, 1.82) is 0 Å². The highest BCUT2D eigenvalue weighted by atomic mass is 16.3. The molecule has 1 amide bonds. The van der Waals surface area contributed by atoms with E-state index < -0.39 is 0 Å². The summed E-state index contributed by atoms with van der Waals surface area (Å²) in [6.07, 6.45) is 1.52. The van der Waals surface area contributed by atoms with Gasteiger partial charge in [-0.05, 0) is 31.3 Å². The van der Waals surface area contributed by atoms with E-state index in [1.807, 2.05) is 6.92 Å². The number of carbonyl (C=O) groups is 1. The van der Waals surface area contributed by atoms with E-state index in [1.165, 1.54) is 5.57 Å². The van der Waals surface area contributed by atoms with Gasteiger partial charge in [0.05, 0.1) is 6.10 Å². The second-order valence-electron chi connectivity index (χ2n) is 4.53. The van der Waals surface area contributed by atoms with Crippen LogP contribution in [0.2, 0.25) is 0 Å². The van der Waals surface area contributed by atoms with Crippen LogP contribution < -0.4 is 10.6 Å². The highest BCUT2D eigenvalue weighted by Gasteiger charge is 2.27. The molecule has 1 heterocycles. The van der Waals surface area contributed by atoms with Crippen molar-refractivity contribution in [3.05, 3.63) is 11.1 Å². The zero-order chi connectivity index (χ0) is 10.8. The molecule has 0 spiro atoms. The Balaban J connectivity index is 1.72. The molecule has 84 valence electrons. The average Bonchev–Trinajstić information content (AvgIpc) is 2.07. The van der Waals surface area contributed by atoms with Crippen LogP contribution in [0.15, 0.2) is 11.1 Å². The van der Waals surface area contributed by atoms with Gasteiger partial charge in [-0.3, -0.25) is 4.79 Å². The van der Waals surface area contributed by atoms with Gasteiger partial charge in [-0.2, -0.15) is 0 Å². The van der Waals surface area contributed by atoms with Crippen LogP contribution in [0.4, 0.5) is 0 Å². The van der Waals surface area contributed by atoms with Crippen LogP contribution >= 0.6 is 0 Å². The molecule has 1 aliphatic carbocycles. The summed E-state index contributed by atoms with van der Waals surface area (Å²) >= 11 is 0. The molecule has 1 aliphatic heterocycles. The van der Waals surface area contributed by atoms with Crippen LogP contribution in [0, 0.1) is 5.92 Å². The number of amides is 1. The third-order valence-electron chi connectivity index (χ3n) is 3.31. The number of hydrogen-bond acceptors (Lipinski definition) is 3. The third-order valence-corrected chi connectivity index (χ3v) is 3.31. The van der Waals surface area contributed by atoms with Gasteiger partial charge >= 0.3 is 0 Å². The molecule has 0 atom stereocenters. The Labute approximate surface area is 89.7 Å². The lowest BCUT2D eigenvalue weighted by Crippen LogP contribution is -2.41. The lowest BCUT2D eigenvalue weighted by atomic mass is 9.82. The van der Waals surface area contributed by atoms with Crippen molar-refractivity contribution in [2.24, 2.45) is 5.92 Å². The maximum Gasteiger partial charge on any atom is 0.246 e. The summed E-state index contributed by atoms with van der Waals surface area (Å²) in [6, 6.07) is 0. The summed E-state index contributed by atoms with van der Waals surface area (Å²) < 4.78 is 0. The Morgan fingerprint density at radius 1 is 1.53 bits per heavy atom. The van der Waals surface area contributed by atoms with E-state index in [0.717, 1.165) is 31.5 Å². The minimum absolute atomic E-state index is 0.0490. The molecule has 0 aromatic rings. The molecule has 15 heavy (non-hydrogen) atoms. The molecule has 1 saturated carbocycles. The summed E-state index contributed by atoms with van der Waals surface area (Å²) in [7, 11) is 0. The average molecular weight is 210 g/mol. The molecule has 4 heteroatoms. The van der Waals surface area contributed by atoms with Gasteiger partial charge in [-0.15, -0.1) is 0 Å². The van der Waals surface area contributed by atoms with E-state index in [4.69, 9.17) is 5.11 Å². The van der Waals surface area contributed by atoms with Crippen LogP contribution in [0.5, 0.6) is 0 Å². The van der Waals surface area contributed by atoms with Crippen LogP contribution in [-0.4, -0.2) is 36.8 Å². The first-order chi connectivity index (χ1) is 7.16. The Kier molecular flexibility index (Phi) is 3.07. The van der Waals surface area contributed by atoms with Crippen molar-refractivity contribution in [3.63, 3.8) is 0 Å². The first-order valence-corrected chi connectivity index (χ1v) is 5.52. The fourth-order valence-electron chi connectivity index (χ4n) is 1.91. The molecule has 1 saturated heterocycles. The van der Waals surface area contributed by atoms with Gasteiger partial charge in [-0.1, -0.05) is 0 Å². The molecule has 4 nitrogen and oxygen atoms in total. The predicted octanol–water partition coefficient (Wildman–Crippen LogP) is -0.207. The minimum atomic E-state index is -0.137. The van der Waals surface area contributed by atoms with E-state index in [0.29, 0.717) is 12.5 Å². The van der Waals surface area contributed by atoms with Crippen LogP contribution in [-0.2, 0) is 4.79 Å². The topological polar surface area (TPSA) is 61.4 Å². The van der Waals surface area contributed by atoms with E-state index in [1.54, 1.807) is 0 Å². The molecule has 2 rings (SSSR count). The van der Waals surface area contributed by atoms with Gasteiger partial charge in [0.25, 0.3) is 0 Å². The van der Waals surface area contributed by atoms with E-state index in [2.05, 4.69) is 10.6 Å². The molecule has 0 radical (unpaired) electrons. The Bertz CT molecular complexity index is 287. The van der Waals surface area contributed by atoms with Crippen molar-refractivity contribution < 1.29 is 9.90 Å². The molecule has 0 unspecified atom stereocenters. The molecule has 2 aliphatic rings. The second-order valence-corrected chi connectivity index (χ2v) is 4.53. The fraction of sp³-hybridized carbons (Fsp3) is 0.727. The molecule has 2 fully saturated rings. The molecular weight excluding hydrogens is 192 g/mol. The third kappa shape index (κ3) is 2.38. The summed E-state index contributed by atoms with van der Waals surface area (Å²) in [5.41, 5.74) is 2.06. The Morgan fingerprint density at radius 3 is 2.67 bits per heavy atom. The van der Waals surface area contributed by atoms with Crippen LogP contribution in [0.1, 0.15) is 19.8 Å². The van der Waals surface area contributed by atoms with Gasteiger partial charge in [-0.25, -0.2) is 0 Å². The predicted molar refractivity (Wildman–Crippen MR) is 57.3 cm³/mol. The van der Waals surface area contributed by atoms with Gasteiger partial charge < -0.3 is 15.7 Å². The number of carbonyl (C=O) groups excluding carboxylic acids is 1. The zero-order valence-electron chi connectivity index (χ0n) is 9.05. The minimum Gasteiger partial charge on any atom is -0.393 e. The quantitative estimate of drug-likeness (QED) is 0.565. The fourth-order valence-corrected chi connectivity index (χ4v) is 1.91. The summed E-state index contributed by atoms with van der Waals surface area (Å²) in [5, 5.41) is 15.1. The molecule has 0 aromatic carbocycles. The highest BCUT2D eigenvalue weighted by Crippen LogP contribution is 2.26. The highest BCUT2D eigenvalue weighted by molar-refractivity contribution is 5.93.